The molecule has 2 saturated carbocycles. The molecular weight excluding hydrogens is 398 g/mol. The van der Waals surface area contributed by atoms with Gasteiger partial charge in [0.15, 0.2) is 0 Å². The first-order valence-corrected chi connectivity index (χ1v) is 15.8. The summed E-state index contributed by atoms with van der Waals surface area (Å²) in [5.74, 6) is 1.01. The van der Waals surface area contributed by atoms with Gasteiger partial charge in [-0.2, -0.15) is 0 Å². The van der Waals surface area contributed by atoms with E-state index in [1.54, 1.807) is 0 Å². The topological polar surface area (TPSA) is 9.23 Å². The minimum atomic E-state index is -1.29. The fourth-order valence-electron chi connectivity index (χ4n) is 4.30. The Labute approximate surface area is 159 Å². The van der Waals surface area contributed by atoms with Crippen LogP contribution in [0.3, 0.4) is 0 Å². The molecule has 0 spiro atoms. The zero-order valence-corrected chi connectivity index (χ0v) is 18.3. The van der Waals surface area contributed by atoms with Crippen molar-refractivity contribution in [3.05, 3.63) is 30.3 Å². The number of hydrogen-bond donors (Lipinski definition) is 0. The Morgan fingerprint density at radius 1 is 0.917 bits per heavy atom. The van der Waals surface area contributed by atoms with Crippen molar-refractivity contribution in [3.63, 3.8) is 0 Å². The molecule has 1 atom stereocenters. The molecule has 1 nitrogen and oxygen atoms in total. The van der Waals surface area contributed by atoms with Crippen LogP contribution in [0.15, 0.2) is 30.3 Å². The minimum absolute atomic E-state index is 0.314. The van der Waals surface area contributed by atoms with Crippen molar-refractivity contribution in [3.8, 4) is 5.75 Å². The van der Waals surface area contributed by atoms with Crippen LogP contribution >= 0.6 is 4.73 Å². The van der Waals surface area contributed by atoms with Gasteiger partial charge in [-0.05, 0) is 0 Å². The third kappa shape index (κ3) is 4.88. The van der Waals surface area contributed by atoms with Crippen LogP contribution in [0.5, 0.6) is 5.75 Å². The number of ether oxygens (including phenoxy) is 1. The summed E-state index contributed by atoms with van der Waals surface area (Å²) in [6, 6.07) is 10.3. The van der Waals surface area contributed by atoms with Crippen LogP contribution in [-0.2, 0) is 11.8 Å². The summed E-state index contributed by atoms with van der Waals surface area (Å²) in [5.41, 5.74) is 1.73. The molecule has 3 rings (SSSR count). The first kappa shape index (κ1) is 19.0. The Kier molecular flexibility index (Phi) is 7.29. The summed E-state index contributed by atoms with van der Waals surface area (Å²) in [7, 11) is 0. The fraction of sp³-hybridized carbons (Fsp3) is 0.700. The van der Waals surface area contributed by atoms with E-state index < -0.39 is 4.73 Å². The van der Waals surface area contributed by atoms with E-state index in [9.17, 15) is 0 Å². The van der Waals surface area contributed by atoms with Gasteiger partial charge in [0.2, 0.25) is 0 Å². The molecule has 0 aliphatic heterocycles. The number of benzene rings is 1. The van der Waals surface area contributed by atoms with Crippen molar-refractivity contribution in [2.45, 2.75) is 87.5 Å². The van der Waals surface area contributed by atoms with Crippen molar-refractivity contribution in [2.24, 2.45) is 0 Å². The first-order chi connectivity index (χ1) is 11.7. The van der Waals surface area contributed by atoms with Gasteiger partial charge in [0.05, 0.1) is 0 Å². The van der Waals surface area contributed by atoms with E-state index in [4.69, 9.17) is 16.5 Å². The molecule has 0 radical (unpaired) electrons. The average Bonchev–Trinajstić information content (AvgIpc) is 2.64. The van der Waals surface area contributed by atoms with Crippen LogP contribution in [0.2, 0.25) is 0 Å². The maximum absolute atomic E-state index is 6.59. The second-order valence-corrected chi connectivity index (χ2v) is 20.2. The molecule has 134 valence electrons. The average molecular weight is 429 g/mol. The quantitative estimate of drug-likeness (QED) is 0.395. The van der Waals surface area contributed by atoms with Gasteiger partial charge in [-0.15, -0.1) is 0 Å². The summed E-state index contributed by atoms with van der Waals surface area (Å²) < 4.78 is 4.99. The fourth-order valence-corrected chi connectivity index (χ4v) is 19.3. The van der Waals surface area contributed by atoms with Gasteiger partial charge in [0.1, 0.15) is 0 Å². The van der Waals surface area contributed by atoms with Gasteiger partial charge < -0.3 is 0 Å². The van der Waals surface area contributed by atoms with E-state index in [1.807, 2.05) is 0 Å². The third-order valence-corrected chi connectivity index (χ3v) is 20.2. The molecule has 0 amide bonds. The van der Waals surface area contributed by atoms with E-state index in [2.05, 4.69) is 37.3 Å². The van der Waals surface area contributed by atoms with Crippen LogP contribution in [0.4, 0.5) is 0 Å². The molecule has 0 N–H and O–H groups in total. The monoisotopic (exact) mass is 430 g/mol. The Morgan fingerprint density at radius 2 is 1.42 bits per heavy atom. The maximum atomic E-state index is 6.59. The number of hydrogen-bond acceptors (Lipinski definition) is 2. The van der Waals surface area contributed by atoms with Gasteiger partial charge in [-0.25, -0.2) is 0 Å². The molecule has 0 aromatic heterocycles. The van der Waals surface area contributed by atoms with Gasteiger partial charge >= 0.3 is 159 Å². The molecule has 24 heavy (non-hydrogen) atoms. The molecule has 0 saturated heterocycles. The van der Waals surface area contributed by atoms with Gasteiger partial charge in [-0.1, -0.05) is 0 Å². The number of rotatable bonds is 6. The van der Waals surface area contributed by atoms with Crippen LogP contribution in [0, 0.1) is 0 Å². The Bertz CT molecular complexity index is 516. The summed E-state index contributed by atoms with van der Waals surface area (Å²) in [6.45, 7) is 2.28. The third-order valence-electron chi connectivity index (χ3n) is 5.53. The molecule has 2 aliphatic carbocycles. The SMILES string of the molecule is CC(Oc1ccccc1)[Se]P(=S)(C1CCCCC1)C1CCCCC1. The molecule has 4 heteroatoms. The Balaban J connectivity index is 1.72. The van der Waals surface area contributed by atoms with E-state index in [0.717, 1.165) is 17.1 Å². The molecule has 0 bridgehead atoms. The second kappa shape index (κ2) is 9.22. The van der Waals surface area contributed by atoms with E-state index >= 15 is 0 Å². The Morgan fingerprint density at radius 3 is 1.92 bits per heavy atom. The van der Waals surface area contributed by atoms with Crippen molar-refractivity contribution in [1.29, 1.82) is 0 Å². The molecule has 0 heterocycles. The van der Waals surface area contributed by atoms with Crippen LogP contribution in [-0.4, -0.2) is 30.8 Å². The second-order valence-electron chi connectivity index (χ2n) is 7.33. The van der Waals surface area contributed by atoms with Crippen LogP contribution in [0.25, 0.3) is 0 Å². The molecule has 1 unspecified atom stereocenters. The normalized spacial score (nSPS) is 22.2. The van der Waals surface area contributed by atoms with Crippen molar-refractivity contribution in [1.82, 2.24) is 0 Å². The molecule has 1 aromatic carbocycles. The summed E-state index contributed by atoms with van der Waals surface area (Å²) >= 11 is 7.05. The van der Waals surface area contributed by atoms with Gasteiger partial charge in [-0.3, -0.25) is 0 Å². The zero-order chi connectivity index (χ0) is 16.8. The Hall–Kier alpha value is 0.189. The van der Waals surface area contributed by atoms with Crippen LogP contribution in [0.1, 0.15) is 71.1 Å². The summed E-state index contributed by atoms with van der Waals surface area (Å²) in [4.78, 5) is 0. The summed E-state index contributed by atoms with van der Waals surface area (Å²) in [5, 5.41) is 0.314. The molecule has 2 fully saturated rings. The molecule has 2 aliphatic rings. The van der Waals surface area contributed by atoms with Crippen molar-refractivity contribution in [2.75, 3.05) is 0 Å². The molecular formula is C20H31OPSSe. The van der Waals surface area contributed by atoms with Crippen molar-refractivity contribution < 1.29 is 4.74 Å². The number of para-hydroxylation sites is 1. The summed E-state index contributed by atoms with van der Waals surface area (Å²) in [6.07, 6.45) is 14.2. The predicted octanol–water partition coefficient (Wildman–Crippen LogP) is 6.18. The molecule has 1 aromatic rings. The van der Waals surface area contributed by atoms with E-state index in [-0.39, 0.29) is 0 Å². The van der Waals surface area contributed by atoms with Crippen molar-refractivity contribution >= 4 is 31.0 Å². The van der Waals surface area contributed by atoms with Gasteiger partial charge in [0.25, 0.3) is 0 Å². The standard InChI is InChI=1S/C20H31OPSSe/c1-17(21-18-11-5-2-6-12-18)24-22(23,19-13-7-3-8-14-19)20-15-9-4-10-16-20/h2,5-6,11-12,17,19-20H,3-4,7-10,13-16H2,1H3. The predicted molar refractivity (Wildman–Crippen MR) is 110 cm³/mol. The van der Waals surface area contributed by atoms with Crippen LogP contribution < -0.4 is 4.74 Å². The van der Waals surface area contributed by atoms with Gasteiger partial charge in [0, 0.05) is 0 Å². The van der Waals surface area contributed by atoms with E-state index in [1.165, 1.54) is 64.2 Å². The van der Waals surface area contributed by atoms with E-state index in [0.29, 0.717) is 19.5 Å². The first-order valence-electron chi connectivity index (χ1n) is 9.68. The zero-order valence-electron chi connectivity index (χ0n) is 14.9.